The average molecular weight is 275 g/mol. The SMILES string of the molecule is Cc1ccc(C(CNC(=O)CCN)N2CCCC2)cc1. The molecule has 0 aliphatic carbocycles. The molecule has 1 atom stereocenters. The fourth-order valence-electron chi connectivity index (χ4n) is 2.73. The third-order valence-corrected chi connectivity index (χ3v) is 3.91. The fraction of sp³-hybridized carbons (Fsp3) is 0.562. The molecule has 3 N–H and O–H groups in total. The van der Waals surface area contributed by atoms with E-state index in [0.29, 0.717) is 19.5 Å². The zero-order chi connectivity index (χ0) is 14.4. The van der Waals surface area contributed by atoms with E-state index in [9.17, 15) is 4.79 Å². The predicted molar refractivity (Wildman–Crippen MR) is 81.4 cm³/mol. The number of aryl methyl sites for hydroxylation is 1. The number of nitrogens with two attached hydrogens (primary N) is 1. The van der Waals surface area contributed by atoms with E-state index < -0.39 is 0 Å². The van der Waals surface area contributed by atoms with Crippen LogP contribution in [0, 0.1) is 6.92 Å². The lowest BCUT2D eigenvalue weighted by Crippen LogP contribution is -2.37. The molecule has 20 heavy (non-hydrogen) atoms. The number of likely N-dealkylation sites (tertiary alicyclic amines) is 1. The van der Waals surface area contributed by atoms with Gasteiger partial charge < -0.3 is 11.1 Å². The van der Waals surface area contributed by atoms with E-state index in [1.165, 1.54) is 24.0 Å². The molecule has 1 aliphatic heterocycles. The van der Waals surface area contributed by atoms with Gasteiger partial charge in [0.1, 0.15) is 0 Å². The smallest absolute Gasteiger partial charge is 0.221 e. The largest absolute Gasteiger partial charge is 0.354 e. The van der Waals surface area contributed by atoms with Crippen LogP contribution in [0.3, 0.4) is 0 Å². The molecule has 2 rings (SSSR count). The van der Waals surface area contributed by atoms with Crippen LogP contribution in [0.25, 0.3) is 0 Å². The van der Waals surface area contributed by atoms with Gasteiger partial charge in [-0.05, 0) is 38.4 Å². The van der Waals surface area contributed by atoms with Crippen molar-refractivity contribution in [2.24, 2.45) is 5.73 Å². The minimum absolute atomic E-state index is 0.0452. The number of hydrogen-bond donors (Lipinski definition) is 2. The van der Waals surface area contributed by atoms with Crippen LogP contribution in [0.1, 0.15) is 36.4 Å². The molecule has 1 aromatic carbocycles. The summed E-state index contributed by atoms with van der Waals surface area (Å²) >= 11 is 0. The average Bonchev–Trinajstić information content (AvgIpc) is 2.95. The van der Waals surface area contributed by atoms with E-state index in [1.54, 1.807) is 0 Å². The zero-order valence-electron chi connectivity index (χ0n) is 12.3. The Balaban J connectivity index is 2.04. The van der Waals surface area contributed by atoms with Gasteiger partial charge in [0.2, 0.25) is 5.91 Å². The number of nitrogens with zero attached hydrogens (tertiary/aromatic N) is 1. The first kappa shape index (κ1) is 15.0. The molecule has 1 unspecified atom stereocenters. The third kappa shape index (κ3) is 4.05. The molecular weight excluding hydrogens is 250 g/mol. The van der Waals surface area contributed by atoms with Gasteiger partial charge in [0, 0.05) is 19.5 Å². The Bertz CT molecular complexity index is 424. The molecule has 0 bridgehead atoms. The van der Waals surface area contributed by atoms with Crippen LogP contribution >= 0.6 is 0 Å². The first-order valence-corrected chi connectivity index (χ1v) is 7.48. The molecule has 0 saturated carbocycles. The summed E-state index contributed by atoms with van der Waals surface area (Å²) < 4.78 is 0. The van der Waals surface area contributed by atoms with Gasteiger partial charge in [-0.1, -0.05) is 29.8 Å². The topological polar surface area (TPSA) is 58.4 Å². The quantitative estimate of drug-likeness (QED) is 0.829. The monoisotopic (exact) mass is 275 g/mol. The van der Waals surface area contributed by atoms with Crippen molar-refractivity contribution in [2.75, 3.05) is 26.2 Å². The first-order chi connectivity index (χ1) is 9.70. The summed E-state index contributed by atoms with van der Waals surface area (Å²) in [5, 5.41) is 3.01. The maximum atomic E-state index is 11.6. The number of carbonyl (C=O) groups excluding carboxylic acids is 1. The number of benzene rings is 1. The van der Waals surface area contributed by atoms with Crippen molar-refractivity contribution >= 4 is 5.91 Å². The Kier molecular flexibility index (Phi) is 5.56. The minimum atomic E-state index is 0.0452. The van der Waals surface area contributed by atoms with Crippen LogP contribution in [-0.2, 0) is 4.79 Å². The van der Waals surface area contributed by atoms with Gasteiger partial charge in [0.05, 0.1) is 6.04 Å². The number of hydrogen-bond acceptors (Lipinski definition) is 3. The highest BCUT2D eigenvalue weighted by molar-refractivity contribution is 5.76. The van der Waals surface area contributed by atoms with Crippen LogP contribution in [0.15, 0.2) is 24.3 Å². The number of nitrogens with one attached hydrogen (secondary N) is 1. The number of rotatable bonds is 6. The third-order valence-electron chi connectivity index (χ3n) is 3.91. The predicted octanol–water partition coefficient (Wildman–Crippen LogP) is 1.60. The van der Waals surface area contributed by atoms with E-state index in [0.717, 1.165) is 13.1 Å². The maximum Gasteiger partial charge on any atom is 0.221 e. The van der Waals surface area contributed by atoms with Crippen molar-refractivity contribution in [2.45, 2.75) is 32.2 Å². The van der Waals surface area contributed by atoms with E-state index in [1.807, 2.05) is 0 Å². The van der Waals surface area contributed by atoms with E-state index >= 15 is 0 Å². The van der Waals surface area contributed by atoms with Crippen molar-refractivity contribution in [3.63, 3.8) is 0 Å². The van der Waals surface area contributed by atoms with Crippen LogP contribution in [0.2, 0.25) is 0 Å². The summed E-state index contributed by atoms with van der Waals surface area (Å²) in [6.45, 7) is 5.40. The van der Waals surface area contributed by atoms with Gasteiger partial charge in [0.15, 0.2) is 0 Å². The van der Waals surface area contributed by atoms with Crippen molar-refractivity contribution in [3.8, 4) is 0 Å². The lowest BCUT2D eigenvalue weighted by atomic mass is 10.0. The Morgan fingerprint density at radius 3 is 2.55 bits per heavy atom. The molecular formula is C16H25N3O. The van der Waals surface area contributed by atoms with Gasteiger partial charge in [-0.2, -0.15) is 0 Å². The van der Waals surface area contributed by atoms with Crippen molar-refractivity contribution in [1.29, 1.82) is 0 Å². The van der Waals surface area contributed by atoms with E-state index in [2.05, 4.69) is 41.4 Å². The summed E-state index contributed by atoms with van der Waals surface area (Å²) in [6, 6.07) is 8.90. The molecule has 4 heteroatoms. The molecule has 0 spiro atoms. The van der Waals surface area contributed by atoms with Gasteiger partial charge >= 0.3 is 0 Å². The summed E-state index contributed by atoms with van der Waals surface area (Å²) in [5.41, 5.74) is 7.96. The number of amides is 1. The van der Waals surface area contributed by atoms with E-state index in [-0.39, 0.29) is 11.9 Å². The Hall–Kier alpha value is -1.39. The molecule has 0 aromatic heterocycles. The first-order valence-electron chi connectivity index (χ1n) is 7.48. The summed E-state index contributed by atoms with van der Waals surface area (Å²) in [7, 11) is 0. The van der Waals surface area contributed by atoms with Crippen LogP contribution < -0.4 is 11.1 Å². The molecule has 4 nitrogen and oxygen atoms in total. The molecule has 0 radical (unpaired) electrons. The van der Waals surface area contributed by atoms with Crippen molar-refractivity contribution in [1.82, 2.24) is 10.2 Å². The van der Waals surface area contributed by atoms with Crippen molar-refractivity contribution < 1.29 is 4.79 Å². The van der Waals surface area contributed by atoms with Crippen LogP contribution in [0.5, 0.6) is 0 Å². The molecule has 1 fully saturated rings. The zero-order valence-corrected chi connectivity index (χ0v) is 12.3. The summed E-state index contributed by atoms with van der Waals surface area (Å²) in [4.78, 5) is 14.1. The maximum absolute atomic E-state index is 11.6. The molecule has 1 aromatic rings. The second-order valence-corrected chi connectivity index (χ2v) is 5.51. The second-order valence-electron chi connectivity index (χ2n) is 5.51. The highest BCUT2D eigenvalue weighted by Crippen LogP contribution is 2.24. The molecule has 1 saturated heterocycles. The Morgan fingerprint density at radius 1 is 1.30 bits per heavy atom. The van der Waals surface area contributed by atoms with Crippen LogP contribution in [-0.4, -0.2) is 37.0 Å². The minimum Gasteiger partial charge on any atom is -0.354 e. The molecule has 110 valence electrons. The second kappa shape index (κ2) is 7.41. The molecule has 1 aliphatic rings. The van der Waals surface area contributed by atoms with Gasteiger partial charge in [0.25, 0.3) is 0 Å². The Morgan fingerprint density at radius 2 is 1.95 bits per heavy atom. The van der Waals surface area contributed by atoms with Gasteiger partial charge in [-0.25, -0.2) is 0 Å². The highest BCUT2D eigenvalue weighted by atomic mass is 16.1. The molecule has 1 amide bonds. The van der Waals surface area contributed by atoms with Gasteiger partial charge in [-0.3, -0.25) is 9.69 Å². The highest BCUT2D eigenvalue weighted by Gasteiger charge is 2.23. The lowest BCUT2D eigenvalue weighted by molar-refractivity contribution is -0.121. The van der Waals surface area contributed by atoms with E-state index in [4.69, 9.17) is 5.73 Å². The standard InChI is InChI=1S/C16H25N3O/c1-13-4-6-14(7-5-13)15(19-10-2-3-11-19)12-18-16(20)8-9-17/h4-7,15H,2-3,8-12,17H2,1H3,(H,18,20). The van der Waals surface area contributed by atoms with Gasteiger partial charge in [-0.15, -0.1) is 0 Å². The normalized spacial score (nSPS) is 17.1. The lowest BCUT2D eigenvalue weighted by Gasteiger charge is -2.28. The summed E-state index contributed by atoms with van der Waals surface area (Å²) in [5.74, 6) is 0.0452. The fourth-order valence-corrected chi connectivity index (χ4v) is 2.73. The molecule has 1 heterocycles. The number of carbonyl (C=O) groups is 1. The van der Waals surface area contributed by atoms with Crippen LogP contribution in [0.4, 0.5) is 0 Å². The summed E-state index contributed by atoms with van der Waals surface area (Å²) in [6.07, 6.45) is 2.90. The van der Waals surface area contributed by atoms with Crippen molar-refractivity contribution in [3.05, 3.63) is 35.4 Å². The Labute approximate surface area is 121 Å².